The first-order valence-electron chi connectivity index (χ1n) is 8.86. The van der Waals surface area contributed by atoms with E-state index in [0.29, 0.717) is 33.7 Å². The average Bonchev–Trinajstić information content (AvgIpc) is 3.23. The molecule has 1 N–H and O–H groups in total. The summed E-state index contributed by atoms with van der Waals surface area (Å²) in [6, 6.07) is 23.6. The fourth-order valence-electron chi connectivity index (χ4n) is 2.71. The molecule has 3 aromatic carbocycles. The van der Waals surface area contributed by atoms with Crippen LogP contribution in [0.3, 0.4) is 0 Å². The first-order chi connectivity index (χ1) is 14.2. The number of anilines is 1. The maximum Gasteiger partial charge on any atom is 0.262 e. The molecular formula is C22H16ClN3O3. The Labute approximate surface area is 172 Å². The molecule has 0 aliphatic heterocycles. The van der Waals surface area contributed by atoms with Crippen LogP contribution in [-0.2, 0) is 4.79 Å². The summed E-state index contributed by atoms with van der Waals surface area (Å²) in [5, 5.41) is 7.33. The zero-order valence-electron chi connectivity index (χ0n) is 15.2. The molecule has 0 radical (unpaired) electrons. The summed E-state index contributed by atoms with van der Waals surface area (Å²) in [6.07, 6.45) is 0. The van der Waals surface area contributed by atoms with E-state index < -0.39 is 0 Å². The molecule has 0 aliphatic carbocycles. The Bertz CT molecular complexity index is 1130. The number of ether oxygens (including phenoxy) is 1. The monoisotopic (exact) mass is 405 g/mol. The number of carbonyl (C=O) groups excluding carboxylic acids is 1. The number of hydrogen-bond donors (Lipinski definition) is 1. The van der Waals surface area contributed by atoms with Gasteiger partial charge < -0.3 is 14.6 Å². The first-order valence-corrected chi connectivity index (χ1v) is 9.23. The molecule has 0 fully saturated rings. The van der Waals surface area contributed by atoms with Gasteiger partial charge in [-0.05, 0) is 42.5 Å². The quantitative estimate of drug-likeness (QED) is 0.484. The fourth-order valence-corrected chi connectivity index (χ4v) is 2.90. The zero-order valence-corrected chi connectivity index (χ0v) is 16.0. The Hall–Kier alpha value is -3.64. The van der Waals surface area contributed by atoms with Gasteiger partial charge in [0.2, 0.25) is 5.82 Å². The third-order valence-corrected chi connectivity index (χ3v) is 4.28. The molecule has 7 heteroatoms. The van der Waals surface area contributed by atoms with E-state index in [4.69, 9.17) is 20.9 Å². The highest BCUT2D eigenvalue weighted by Gasteiger charge is 2.15. The van der Waals surface area contributed by atoms with Crippen molar-refractivity contribution in [3.05, 3.63) is 83.9 Å². The molecule has 1 heterocycles. The largest absolute Gasteiger partial charge is 0.483 e. The van der Waals surface area contributed by atoms with Gasteiger partial charge >= 0.3 is 0 Å². The normalized spacial score (nSPS) is 10.5. The van der Waals surface area contributed by atoms with Crippen LogP contribution in [0.4, 0.5) is 5.69 Å². The molecule has 0 bridgehead atoms. The molecule has 0 saturated carbocycles. The molecule has 1 amide bonds. The molecule has 4 aromatic rings. The van der Waals surface area contributed by atoms with Gasteiger partial charge in [0.1, 0.15) is 5.75 Å². The molecular weight excluding hydrogens is 390 g/mol. The number of nitrogens with one attached hydrogen (secondary N) is 1. The number of halogens is 1. The molecule has 0 spiro atoms. The van der Waals surface area contributed by atoms with Crippen molar-refractivity contribution in [2.24, 2.45) is 0 Å². The van der Waals surface area contributed by atoms with Gasteiger partial charge in [-0.15, -0.1) is 0 Å². The standard InChI is InChI=1S/C22H16ClN3O3/c23-16-9-6-10-17(13-16)24-20(27)14-28-19-12-5-4-11-18(19)21-25-22(29-26-21)15-7-2-1-3-8-15/h1-13H,14H2,(H,24,27). The second kappa shape index (κ2) is 8.58. The summed E-state index contributed by atoms with van der Waals surface area (Å²) in [5.41, 5.74) is 2.06. The lowest BCUT2D eigenvalue weighted by molar-refractivity contribution is -0.118. The van der Waals surface area contributed by atoms with Crippen LogP contribution < -0.4 is 10.1 Å². The topological polar surface area (TPSA) is 77.2 Å². The Morgan fingerprint density at radius 3 is 2.62 bits per heavy atom. The number of para-hydroxylation sites is 1. The van der Waals surface area contributed by atoms with Crippen LogP contribution in [0.25, 0.3) is 22.8 Å². The van der Waals surface area contributed by atoms with Gasteiger partial charge in [-0.25, -0.2) is 0 Å². The van der Waals surface area contributed by atoms with E-state index in [2.05, 4.69) is 15.5 Å². The van der Waals surface area contributed by atoms with Crippen LogP contribution in [0.2, 0.25) is 5.02 Å². The molecule has 29 heavy (non-hydrogen) atoms. The average molecular weight is 406 g/mol. The van der Waals surface area contributed by atoms with Gasteiger partial charge in [0, 0.05) is 16.3 Å². The first kappa shape index (κ1) is 18.7. The van der Waals surface area contributed by atoms with E-state index in [0.717, 1.165) is 5.56 Å². The number of carbonyl (C=O) groups is 1. The minimum Gasteiger partial charge on any atom is -0.483 e. The lowest BCUT2D eigenvalue weighted by atomic mass is 10.2. The minimum absolute atomic E-state index is 0.174. The van der Waals surface area contributed by atoms with Crippen LogP contribution in [0.15, 0.2) is 83.4 Å². The summed E-state index contributed by atoms with van der Waals surface area (Å²) in [4.78, 5) is 16.6. The molecule has 0 saturated heterocycles. The Morgan fingerprint density at radius 1 is 1.00 bits per heavy atom. The van der Waals surface area contributed by atoms with Gasteiger partial charge in [0.25, 0.3) is 11.8 Å². The Morgan fingerprint density at radius 2 is 1.79 bits per heavy atom. The van der Waals surface area contributed by atoms with Gasteiger partial charge in [-0.2, -0.15) is 4.98 Å². The second-order valence-corrected chi connectivity index (χ2v) is 6.57. The van der Waals surface area contributed by atoms with Crippen molar-refractivity contribution in [2.75, 3.05) is 11.9 Å². The Kier molecular flexibility index (Phi) is 5.54. The van der Waals surface area contributed by atoms with Crippen LogP contribution in [0.5, 0.6) is 5.75 Å². The molecule has 4 rings (SSSR count). The van der Waals surface area contributed by atoms with Gasteiger partial charge in [0.05, 0.1) is 5.56 Å². The number of benzene rings is 3. The summed E-state index contributed by atoms with van der Waals surface area (Å²) < 4.78 is 11.1. The highest BCUT2D eigenvalue weighted by molar-refractivity contribution is 6.30. The third-order valence-electron chi connectivity index (χ3n) is 4.04. The van der Waals surface area contributed by atoms with E-state index in [1.54, 1.807) is 30.3 Å². The summed E-state index contributed by atoms with van der Waals surface area (Å²) in [5.74, 6) is 0.970. The SMILES string of the molecule is O=C(COc1ccccc1-c1noc(-c2ccccc2)n1)Nc1cccc(Cl)c1. The highest BCUT2D eigenvalue weighted by atomic mass is 35.5. The van der Waals surface area contributed by atoms with E-state index in [1.165, 1.54) is 0 Å². The zero-order chi connectivity index (χ0) is 20.1. The van der Waals surface area contributed by atoms with Crippen LogP contribution >= 0.6 is 11.6 Å². The molecule has 144 valence electrons. The van der Waals surface area contributed by atoms with Crippen molar-refractivity contribution in [1.29, 1.82) is 0 Å². The van der Waals surface area contributed by atoms with Crippen LogP contribution in [0.1, 0.15) is 0 Å². The highest BCUT2D eigenvalue weighted by Crippen LogP contribution is 2.29. The number of hydrogen-bond acceptors (Lipinski definition) is 5. The van der Waals surface area contributed by atoms with Gasteiger partial charge in [-0.3, -0.25) is 4.79 Å². The van der Waals surface area contributed by atoms with E-state index in [9.17, 15) is 4.79 Å². The van der Waals surface area contributed by atoms with Crippen molar-refractivity contribution >= 4 is 23.2 Å². The summed E-state index contributed by atoms with van der Waals surface area (Å²) >= 11 is 5.93. The molecule has 0 unspecified atom stereocenters. The second-order valence-electron chi connectivity index (χ2n) is 6.13. The van der Waals surface area contributed by atoms with Gasteiger partial charge in [-0.1, -0.05) is 53.2 Å². The van der Waals surface area contributed by atoms with Crippen LogP contribution in [0, 0.1) is 0 Å². The predicted octanol–water partition coefficient (Wildman–Crippen LogP) is 5.07. The molecule has 1 aromatic heterocycles. The third kappa shape index (κ3) is 4.62. The summed E-state index contributed by atoms with van der Waals surface area (Å²) in [7, 11) is 0. The van der Waals surface area contributed by atoms with Crippen molar-refractivity contribution in [3.63, 3.8) is 0 Å². The fraction of sp³-hybridized carbons (Fsp3) is 0.0455. The molecule has 6 nitrogen and oxygen atoms in total. The van der Waals surface area contributed by atoms with Crippen LogP contribution in [-0.4, -0.2) is 22.7 Å². The van der Waals surface area contributed by atoms with Crippen molar-refractivity contribution in [1.82, 2.24) is 10.1 Å². The number of aromatic nitrogens is 2. The van der Waals surface area contributed by atoms with Gasteiger partial charge in [0.15, 0.2) is 6.61 Å². The molecule has 0 aliphatic rings. The smallest absolute Gasteiger partial charge is 0.262 e. The molecule has 0 atom stereocenters. The minimum atomic E-state index is -0.305. The van der Waals surface area contributed by atoms with Crippen molar-refractivity contribution < 1.29 is 14.1 Å². The maximum absolute atomic E-state index is 12.2. The van der Waals surface area contributed by atoms with E-state index >= 15 is 0 Å². The lowest BCUT2D eigenvalue weighted by Crippen LogP contribution is -2.20. The van der Waals surface area contributed by atoms with E-state index in [1.807, 2.05) is 48.5 Å². The number of amides is 1. The predicted molar refractivity (Wildman–Crippen MR) is 111 cm³/mol. The Balaban J connectivity index is 1.47. The van der Waals surface area contributed by atoms with Crippen molar-refractivity contribution in [3.8, 4) is 28.6 Å². The summed E-state index contributed by atoms with van der Waals surface area (Å²) in [6.45, 7) is -0.174. The lowest BCUT2D eigenvalue weighted by Gasteiger charge is -2.10. The number of nitrogens with zero attached hydrogens (tertiary/aromatic N) is 2. The maximum atomic E-state index is 12.2. The van der Waals surface area contributed by atoms with Crippen molar-refractivity contribution in [2.45, 2.75) is 0 Å². The van der Waals surface area contributed by atoms with E-state index in [-0.39, 0.29) is 12.5 Å². The number of rotatable bonds is 6.